The van der Waals surface area contributed by atoms with Gasteiger partial charge >= 0.3 is 0 Å². The normalized spacial score (nSPS) is 26.3. The molecule has 0 aromatic carbocycles. The Labute approximate surface area is 120 Å². The fourth-order valence-corrected chi connectivity index (χ4v) is 2.89. The van der Waals surface area contributed by atoms with Crippen molar-refractivity contribution in [3.05, 3.63) is 0 Å². The number of hydrogen-bond acceptors (Lipinski definition) is 4. The average molecular weight is 284 g/mol. The third kappa shape index (κ3) is 3.30. The molecule has 2 aliphatic rings. The first-order valence-electron chi connectivity index (χ1n) is 7.03. The maximum absolute atomic E-state index is 12.5. The number of carbonyl (C=O) groups excluding carboxylic acids is 2. The van der Waals surface area contributed by atoms with Gasteiger partial charge in [0, 0.05) is 40.2 Å². The first-order valence-corrected chi connectivity index (χ1v) is 7.03. The molecule has 0 saturated carbocycles. The monoisotopic (exact) mass is 284 g/mol. The lowest BCUT2D eigenvalue weighted by Gasteiger charge is -2.46. The molecule has 0 aromatic rings. The van der Waals surface area contributed by atoms with Crippen LogP contribution >= 0.6 is 0 Å². The van der Waals surface area contributed by atoms with Gasteiger partial charge < -0.3 is 19.3 Å². The van der Waals surface area contributed by atoms with Gasteiger partial charge in [-0.25, -0.2) is 0 Å². The molecule has 20 heavy (non-hydrogen) atoms. The first kappa shape index (κ1) is 15.3. The van der Waals surface area contributed by atoms with E-state index in [9.17, 15) is 9.59 Å². The van der Waals surface area contributed by atoms with Gasteiger partial charge in [-0.15, -0.1) is 0 Å². The molecule has 0 radical (unpaired) electrons. The van der Waals surface area contributed by atoms with Gasteiger partial charge in [-0.1, -0.05) is 0 Å². The minimum atomic E-state index is -0.360. The highest BCUT2D eigenvalue weighted by atomic mass is 16.5. The van der Waals surface area contributed by atoms with Crippen LogP contribution in [0.1, 0.15) is 20.8 Å². The number of nitrogens with zero attached hydrogens (tertiary/aromatic N) is 2. The van der Waals surface area contributed by atoms with Crippen LogP contribution in [0.4, 0.5) is 0 Å². The van der Waals surface area contributed by atoms with E-state index in [1.54, 1.807) is 12.0 Å². The van der Waals surface area contributed by atoms with Gasteiger partial charge in [0.25, 0.3) is 0 Å². The van der Waals surface area contributed by atoms with Crippen LogP contribution in [-0.2, 0) is 19.1 Å². The summed E-state index contributed by atoms with van der Waals surface area (Å²) in [5, 5.41) is 0. The molecular weight excluding hydrogens is 260 g/mol. The summed E-state index contributed by atoms with van der Waals surface area (Å²) in [5.74, 6) is 0.101. The number of rotatable bonds is 3. The molecule has 2 rings (SSSR count). The Morgan fingerprint density at radius 1 is 1.25 bits per heavy atom. The topological polar surface area (TPSA) is 59.1 Å². The van der Waals surface area contributed by atoms with Crippen molar-refractivity contribution >= 4 is 11.8 Å². The summed E-state index contributed by atoms with van der Waals surface area (Å²) in [7, 11) is 1.63. The number of ether oxygens (including phenoxy) is 2. The molecule has 0 unspecified atom stereocenters. The Morgan fingerprint density at radius 2 is 1.90 bits per heavy atom. The maximum Gasteiger partial charge on any atom is 0.229 e. The lowest BCUT2D eigenvalue weighted by Crippen LogP contribution is -2.61. The number of likely N-dealkylation sites (tertiary alicyclic amines) is 1. The zero-order valence-corrected chi connectivity index (χ0v) is 12.7. The fraction of sp³-hybridized carbons (Fsp3) is 0.857. The van der Waals surface area contributed by atoms with Crippen LogP contribution in [0.15, 0.2) is 0 Å². The van der Waals surface area contributed by atoms with Crippen LogP contribution in [0.25, 0.3) is 0 Å². The van der Waals surface area contributed by atoms with Crippen molar-refractivity contribution < 1.29 is 19.1 Å². The summed E-state index contributed by atoms with van der Waals surface area (Å²) in [4.78, 5) is 27.2. The van der Waals surface area contributed by atoms with E-state index >= 15 is 0 Å². The van der Waals surface area contributed by atoms with Gasteiger partial charge in [-0.2, -0.15) is 0 Å². The minimum absolute atomic E-state index is 0.0358. The largest absolute Gasteiger partial charge is 0.382 e. The zero-order chi connectivity index (χ0) is 14.9. The van der Waals surface area contributed by atoms with Crippen LogP contribution in [-0.4, -0.2) is 73.2 Å². The molecule has 0 spiro atoms. The lowest BCUT2D eigenvalue weighted by atomic mass is 9.96. The van der Waals surface area contributed by atoms with Crippen molar-refractivity contribution in [1.29, 1.82) is 0 Å². The van der Waals surface area contributed by atoms with Crippen molar-refractivity contribution in [3.8, 4) is 0 Å². The third-order valence-corrected chi connectivity index (χ3v) is 3.82. The van der Waals surface area contributed by atoms with Gasteiger partial charge in [-0.05, 0) is 13.8 Å². The van der Waals surface area contributed by atoms with Crippen LogP contribution in [0, 0.1) is 5.92 Å². The van der Waals surface area contributed by atoms with E-state index in [-0.39, 0.29) is 29.4 Å². The lowest BCUT2D eigenvalue weighted by molar-refractivity contribution is -0.175. The number of methoxy groups -OCH3 is 1. The standard InChI is InChI=1S/C14H24N2O4/c1-10(17)15-5-11(6-15)13(18)16-7-12(8-19-4)20-14(2,3)9-16/h11-12H,5-9H2,1-4H3/t12-/m1/s1. The quantitative estimate of drug-likeness (QED) is 0.738. The molecule has 2 fully saturated rings. The number of carbonyl (C=O) groups is 2. The molecule has 2 amide bonds. The Bertz CT molecular complexity index is 391. The molecule has 2 saturated heterocycles. The second kappa shape index (κ2) is 5.69. The van der Waals surface area contributed by atoms with E-state index < -0.39 is 0 Å². The highest BCUT2D eigenvalue weighted by molar-refractivity contribution is 5.83. The van der Waals surface area contributed by atoms with Gasteiger partial charge in [0.2, 0.25) is 11.8 Å². The molecule has 2 heterocycles. The van der Waals surface area contributed by atoms with Crippen LogP contribution in [0.3, 0.4) is 0 Å². The van der Waals surface area contributed by atoms with E-state index in [0.29, 0.717) is 32.8 Å². The van der Waals surface area contributed by atoms with E-state index in [2.05, 4.69) is 0 Å². The van der Waals surface area contributed by atoms with Crippen molar-refractivity contribution in [2.45, 2.75) is 32.5 Å². The summed E-state index contributed by atoms with van der Waals surface area (Å²) in [6.07, 6.45) is -0.0864. The summed E-state index contributed by atoms with van der Waals surface area (Å²) < 4.78 is 11.0. The summed E-state index contributed by atoms with van der Waals surface area (Å²) in [6, 6.07) is 0. The Hall–Kier alpha value is -1.14. The van der Waals surface area contributed by atoms with Gasteiger partial charge in [0.05, 0.1) is 24.2 Å². The molecule has 1 atom stereocenters. The van der Waals surface area contributed by atoms with E-state index in [1.165, 1.54) is 6.92 Å². The van der Waals surface area contributed by atoms with Crippen LogP contribution in [0.5, 0.6) is 0 Å². The second-order valence-corrected chi connectivity index (χ2v) is 6.29. The maximum atomic E-state index is 12.5. The molecule has 0 aromatic heterocycles. The minimum Gasteiger partial charge on any atom is -0.382 e. The molecule has 114 valence electrons. The SMILES string of the molecule is COC[C@H]1CN(C(=O)C2CN(C(C)=O)C2)CC(C)(C)O1. The Kier molecular flexibility index (Phi) is 4.34. The molecule has 6 heteroatoms. The molecule has 2 aliphatic heterocycles. The predicted octanol–water partition coefficient (Wildman–Crippen LogP) is 0.117. The van der Waals surface area contributed by atoms with Crippen molar-refractivity contribution in [3.63, 3.8) is 0 Å². The Balaban J connectivity index is 1.94. The van der Waals surface area contributed by atoms with E-state index in [4.69, 9.17) is 9.47 Å². The van der Waals surface area contributed by atoms with Gasteiger partial charge in [0.15, 0.2) is 0 Å². The summed E-state index contributed by atoms with van der Waals surface area (Å²) in [5.41, 5.74) is -0.360. The number of amides is 2. The van der Waals surface area contributed by atoms with Gasteiger partial charge in [-0.3, -0.25) is 9.59 Å². The predicted molar refractivity (Wildman–Crippen MR) is 73.2 cm³/mol. The molecule has 0 N–H and O–H groups in total. The first-order chi connectivity index (χ1) is 9.32. The Morgan fingerprint density at radius 3 is 2.45 bits per heavy atom. The summed E-state index contributed by atoms with van der Waals surface area (Å²) >= 11 is 0. The molecular formula is C14H24N2O4. The highest BCUT2D eigenvalue weighted by Gasteiger charge is 2.41. The number of morpholine rings is 1. The molecule has 0 bridgehead atoms. The van der Waals surface area contributed by atoms with Crippen LogP contribution in [0.2, 0.25) is 0 Å². The van der Waals surface area contributed by atoms with Gasteiger partial charge in [0.1, 0.15) is 0 Å². The average Bonchev–Trinajstić information content (AvgIpc) is 2.24. The summed E-state index contributed by atoms with van der Waals surface area (Å²) in [6.45, 7) is 8.22. The van der Waals surface area contributed by atoms with Crippen molar-refractivity contribution in [2.75, 3.05) is 39.9 Å². The fourth-order valence-electron chi connectivity index (χ4n) is 2.89. The van der Waals surface area contributed by atoms with E-state index in [0.717, 1.165) is 0 Å². The second-order valence-electron chi connectivity index (χ2n) is 6.29. The molecule has 0 aliphatic carbocycles. The van der Waals surface area contributed by atoms with E-state index in [1.807, 2.05) is 18.7 Å². The van der Waals surface area contributed by atoms with Crippen molar-refractivity contribution in [2.24, 2.45) is 5.92 Å². The molecule has 6 nitrogen and oxygen atoms in total. The third-order valence-electron chi connectivity index (χ3n) is 3.82. The van der Waals surface area contributed by atoms with Crippen LogP contribution < -0.4 is 0 Å². The zero-order valence-electron chi connectivity index (χ0n) is 12.7. The van der Waals surface area contributed by atoms with Crippen molar-refractivity contribution in [1.82, 2.24) is 9.80 Å². The number of hydrogen-bond donors (Lipinski definition) is 0. The smallest absolute Gasteiger partial charge is 0.229 e. The highest BCUT2D eigenvalue weighted by Crippen LogP contribution is 2.25.